The van der Waals surface area contributed by atoms with Crippen LogP contribution >= 0.6 is 41.9 Å². The third-order valence-electron chi connectivity index (χ3n) is 24.2. The normalized spacial score (nSPS) is 25.1. The van der Waals surface area contributed by atoms with Crippen LogP contribution in [0.15, 0.2) is 223 Å². The maximum atomic E-state index is 16.6. The fraction of sp³-hybridized carbons (Fsp3) is 0.299. The number of nitrogens with one attached hydrogen (secondary N) is 8. The van der Waals surface area contributed by atoms with E-state index in [4.69, 9.17) is 73.7 Å². The predicted molar refractivity (Wildman–Crippen MR) is 494 cm³/mol. The summed E-state index contributed by atoms with van der Waals surface area (Å²) in [6.45, 7) is 6.80. The van der Waals surface area contributed by atoms with Gasteiger partial charge in [-0.1, -0.05) is 194 Å². The molecule has 37 heteroatoms. The average Bonchev–Trinajstić information content (AvgIpc) is 0.755. The van der Waals surface area contributed by atoms with E-state index in [2.05, 4.69) is 42.5 Å². The van der Waals surface area contributed by atoms with Crippen LogP contribution in [-0.2, 0) is 59.1 Å². The van der Waals surface area contributed by atoms with Gasteiger partial charge in [-0.2, -0.15) is 0 Å². The number of hydrogen-bond donors (Lipinski definition) is 18. The van der Waals surface area contributed by atoms with Crippen molar-refractivity contribution in [1.82, 2.24) is 42.5 Å². The number of hydrogen-bond acceptors (Lipinski definition) is 25. The molecule has 11 bridgehead atoms. The van der Waals surface area contributed by atoms with Gasteiger partial charge in [-0.3, -0.25) is 38.3 Å². The summed E-state index contributed by atoms with van der Waals surface area (Å²) in [7, 11) is -1.73. The number of phenolic OH excluding ortho intramolecular Hbond substituents is 3. The van der Waals surface area contributed by atoms with Crippen molar-refractivity contribution in [1.29, 1.82) is 0 Å². The lowest BCUT2D eigenvalue weighted by Crippen LogP contribution is -2.65. The number of nitrogens with zero attached hydrogens (tertiary/aromatic N) is 1. The summed E-state index contributed by atoms with van der Waals surface area (Å²) in [5, 5.41) is 133. The lowest BCUT2D eigenvalue weighted by Gasteiger charge is -2.48. The van der Waals surface area contributed by atoms with Gasteiger partial charge in [-0.15, -0.1) is 0 Å². The molecule has 33 nitrogen and oxygen atoms in total. The number of phenols is 3. The van der Waals surface area contributed by atoms with Gasteiger partial charge in [0.25, 0.3) is 0 Å². The molecule has 134 heavy (non-hydrogen) atoms. The smallest absolute Gasteiger partial charge is 0.330 e. The van der Waals surface area contributed by atoms with Gasteiger partial charge in [-0.05, 0) is 139 Å². The molecule has 10 aromatic carbocycles. The first kappa shape index (κ1) is 96.0. The van der Waals surface area contributed by atoms with Crippen molar-refractivity contribution in [3.05, 3.63) is 267 Å². The molecular weight excluding hydrogens is 1810 g/mol. The number of aliphatic carboxylic acids is 1. The number of aliphatic hydroxyl groups excluding tert-OH is 5. The zero-order chi connectivity index (χ0) is 95.5. The number of aromatic hydroxyl groups is 3. The number of benzene rings is 10. The second-order valence-corrected chi connectivity index (χ2v) is 38.3. The Morgan fingerprint density at radius 3 is 1.73 bits per heavy atom. The molecule has 10 aromatic rings. The van der Waals surface area contributed by atoms with Crippen molar-refractivity contribution < 1.29 is 113 Å². The number of carboxylic acids is 1. The van der Waals surface area contributed by atoms with Gasteiger partial charge < -0.3 is 123 Å². The minimum atomic E-state index is -3.21. The van der Waals surface area contributed by atoms with Crippen LogP contribution in [0.4, 0.5) is 0 Å². The Hall–Kier alpha value is -12.5. The summed E-state index contributed by atoms with van der Waals surface area (Å²) < 4.78 is 47.5. The van der Waals surface area contributed by atoms with Gasteiger partial charge in [0.2, 0.25) is 53.4 Å². The molecule has 7 aliphatic rings. The molecule has 18 atom stereocenters. The van der Waals surface area contributed by atoms with Crippen molar-refractivity contribution >= 4 is 105 Å². The van der Waals surface area contributed by atoms with E-state index in [9.17, 15) is 60.3 Å². The molecule has 0 spiro atoms. The van der Waals surface area contributed by atoms with Crippen LogP contribution in [0, 0.1) is 5.92 Å². The molecule has 19 N–H and O–H groups in total. The highest BCUT2D eigenvalue weighted by atomic mass is 35.5. The predicted octanol–water partition coefficient (Wildman–Crippen LogP) is 8.44. The van der Waals surface area contributed by atoms with Gasteiger partial charge in [0.1, 0.15) is 89.5 Å². The Labute approximate surface area is 783 Å². The van der Waals surface area contributed by atoms with Crippen LogP contribution < -0.4 is 78.4 Å². The van der Waals surface area contributed by atoms with Gasteiger partial charge in [0.05, 0.1) is 48.3 Å². The van der Waals surface area contributed by atoms with E-state index >= 15 is 24.0 Å². The quantitative estimate of drug-likeness (QED) is 0.0300. The Morgan fingerprint density at radius 2 is 1.16 bits per heavy atom. The first-order valence-corrected chi connectivity index (χ1v) is 45.8. The van der Waals surface area contributed by atoms with E-state index in [-0.39, 0.29) is 58.5 Å². The molecular formula is C97H98Cl3N10O23P. The SMILES string of the molecule is CN[C@H](CC(C)C)C(=O)N[C@H]1C(=O)N[C@@H](CC(N)=O)C(=O)NC2C(=O)NC3C(=O)N[C@H](C(=O)N[C@@H](C(=O)O)c4cc(O)cc(O)c4-c4cc3ccc4O)[C@H](O)c3ccc(c(Cl)c3)Oc3cc2cc(c3OC2OC(CN=P(c3ccccc3)(c3ccccc3)c3ccccc3)C(O)C(O)C2OC2CC(C)(NCc3ccc(-c4ccc(Cl)cc4)cc3)C(O)C(C)O2)Oc2ccc(cc2Cl)[C@H]1O. The zero-order valence-electron chi connectivity index (χ0n) is 72.6. The number of primary amides is 1. The summed E-state index contributed by atoms with van der Waals surface area (Å²) in [6.07, 6.45) is -18.7. The summed E-state index contributed by atoms with van der Waals surface area (Å²) in [4.78, 5) is 120. The lowest BCUT2D eigenvalue weighted by atomic mass is 9.84. The lowest BCUT2D eigenvalue weighted by molar-refractivity contribution is -0.331. The largest absolute Gasteiger partial charge is 0.508 e. The third kappa shape index (κ3) is 20.6. The topological polar surface area (TPSA) is 509 Å². The number of halogens is 3. The molecule has 7 aliphatic heterocycles. The Bertz CT molecular complexity index is 6060. The van der Waals surface area contributed by atoms with Crippen molar-refractivity contribution in [2.45, 2.75) is 163 Å². The van der Waals surface area contributed by atoms with E-state index in [0.717, 1.165) is 81.1 Å². The average molecular weight is 1910 g/mol. The van der Waals surface area contributed by atoms with Gasteiger partial charge in [0, 0.05) is 62.2 Å². The van der Waals surface area contributed by atoms with Crippen LogP contribution in [0.5, 0.6) is 46.0 Å². The van der Waals surface area contributed by atoms with E-state index < -0.39 is 238 Å². The standard InChI is InChI=1S/C97H98Cl3N10O23P/c1-47(2)35-65(102-5)89(120)109-80-82(115)53-28-33-69(63(99)37-53)129-71-39-55-40-72(130-70-34-29-54(38-64(70)100)83(116)81-94(125)108-79(95(126)127)62-41-57(111)42-68(113)76(62)61-36-52(27-32-67(61)112)77(91(122)110-81)107-92(123)78(55)106-90(121)66(43-74(101)114)105-93(80)124)86(71)133-96-87(132-75-44-97(4,88(119)48(3)128-75)103-45-49-21-23-50(24-22-49)51-25-30-56(98)31-26-51)85(118)84(117)73(131-96)46-104-134(58-15-9-6-10-16-58,59-17-11-7-12-18-59)60-19-13-8-14-20-60/h6-34,36-42,47-48,65-66,73,75,77-85,87-88,96,102-103,111-113,115-119H,35,43-46H2,1-5H3,(H2,101,114)(H,105,124)(H,106,121)(H,107,123)(H,108,125)(H,109,120)(H,110,122)(H,126,127)/t48?,65-,66+,73?,75?,77?,78?,79-,80-,81+,82-,83-,84?,85?,87?,88?,96?,97?/m1/s1. The van der Waals surface area contributed by atoms with E-state index in [1.165, 1.54) is 37.4 Å². The molecule has 2 fully saturated rings. The molecule has 11 unspecified atom stereocenters. The fourth-order valence-electron chi connectivity index (χ4n) is 17.2. The molecule has 7 heterocycles. The molecule has 17 rings (SSSR count). The number of ether oxygens (including phenoxy) is 6. The maximum absolute atomic E-state index is 16.6. The monoisotopic (exact) mass is 1910 g/mol. The number of carboxylic acid groups (broad SMARTS) is 1. The van der Waals surface area contributed by atoms with E-state index in [1.807, 2.05) is 141 Å². The number of carbonyl (C=O) groups is 8. The first-order valence-electron chi connectivity index (χ1n) is 43.0. The molecule has 0 aliphatic carbocycles. The molecule has 700 valence electrons. The Balaban J connectivity index is 0.941. The number of nitrogens with two attached hydrogens (primary N) is 1. The van der Waals surface area contributed by atoms with Crippen LogP contribution in [0.2, 0.25) is 15.1 Å². The second kappa shape index (κ2) is 40.7. The minimum Gasteiger partial charge on any atom is -0.508 e. The number of likely N-dealkylation sites (N-methyl/N-ethyl adjacent to an activating group) is 1. The maximum Gasteiger partial charge on any atom is 0.330 e. The zero-order valence-corrected chi connectivity index (χ0v) is 75.7. The number of fused-ring (bicyclic) bond motifs is 15. The molecule has 0 radical (unpaired) electrons. The summed E-state index contributed by atoms with van der Waals surface area (Å²) in [5.41, 5.74) is 4.43. The fourth-order valence-corrected chi connectivity index (χ4v) is 21.4. The molecule has 0 aromatic heterocycles. The van der Waals surface area contributed by atoms with Crippen molar-refractivity contribution in [3.63, 3.8) is 0 Å². The van der Waals surface area contributed by atoms with Crippen LogP contribution in [0.3, 0.4) is 0 Å². The van der Waals surface area contributed by atoms with Gasteiger partial charge in [0.15, 0.2) is 29.9 Å². The summed E-state index contributed by atoms with van der Waals surface area (Å²) >= 11 is 20.9. The van der Waals surface area contributed by atoms with Crippen molar-refractivity contribution in [3.8, 4) is 68.2 Å². The van der Waals surface area contributed by atoms with Crippen molar-refractivity contribution in [2.24, 2.45) is 16.4 Å². The van der Waals surface area contributed by atoms with Crippen molar-refractivity contribution in [2.75, 3.05) is 13.6 Å². The number of carbonyl (C=O) groups excluding carboxylic acids is 7. The van der Waals surface area contributed by atoms with E-state index in [0.29, 0.717) is 5.02 Å². The summed E-state index contributed by atoms with van der Waals surface area (Å²) in [5.74, 6) is -15.9. The highest BCUT2D eigenvalue weighted by molar-refractivity contribution is 7.87. The highest BCUT2D eigenvalue weighted by Crippen LogP contribution is 2.52. The summed E-state index contributed by atoms with van der Waals surface area (Å²) in [6, 6.07) is 43.1. The van der Waals surface area contributed by atoms with Crippen LogP contribution in [0.1, 0.15) is 111 Å². The first-order chi connectivity index (χ1) is 64.1. The number of aliphatic hydroxyl groups is 5. The highest BCUT2D eigenvalue weighted by Gasteiger charge is 2.53. The second-order valence-electron chi connectivity index (χ2n) is 34.0. The molecule has 0 saturated carbocycles. The van der Waals surface area contributed by atoms with Crippen LogP contribution in [0.25, 0.3) is 22.3 Å². The molecule has 7 amide bonds. The van der Waals surface area contributed by atoms with Gasteiger partial charge >= 0.3 is 5.97 Å². The minimum absolute atomic E-state index is 0.118. The van der Waals surface area contributed by atoms with Crippen LogP contribution in [-0.4, -0.2) is 186 Å². The van der Waals surface area contributed by atoms with E-state index in [1.54, 1.807) is 26.0 Å². The number of amides is 7. The Morgan fingerprint density at radius 1 is 0.604 bits per heavy atom. The third-order valence-corrected chi connectivity index (χ3v) is 28.8. The Kier molecular flexibility index (Phi) is 29.2. The number of rotatable bonds is 21. The molecule has 2 saturated heterocycles. The van der Waals surface area contributed by atoms with Gasteiger partial charge in [-0.25, -0.2) is 4.79 Å².